The van der Waals surface area contributed by atoms with Gasteiger partial charge in [0.25, 0.3) is 10.0 Å². The molecule has 0 aliphatic heterocycles. The largest absolute Gasteiger partial charge is 0.492 e. The van der Waals surface area contributed by atoms with Crippen molar-refractivity contribution in [2.24, 2.45) is 0 Å². The van der Waals surface area contributed by atoms with E-state index in [2.05, 4.69) is 25.4 Å². The number of hydrogen-bond acceptors (Lipinski definition) is 8. The number of benzene rings is 2. The predicted octanol–water partition coefficient (Wildman–Crippen LogP) is 4.22. The number of hydroxylamine groups is 1. The molecule has 0 aliphatic rings. The first-order valence-corrected chi connectivity index (χ1v) is 11.1. The highest BCUT2D eigenvalue weighted by atomic mass is 32.2. The first-order chi connectivity index (χ1) is 15.8. The van der Waals surface area contributed by atoms with Gasteiger partial charge in [0.2, 0.25) is 0 Å². The van der Waals surface area contributed by atoms with E-state index in [0.717, 1.165) is 28.9 Å². The van der Waals surface area contributed by atoms with Crippen LogP contribution in [0, 0.1) is 13.8 Å². The molecule has 3 aromatic rings. The van der Waals surface area contributed by atoms with Crippen molar-refractivity contribution in [3.05, 3.63) is 66.0 Å². The molecule has 13 heteroatoms. The lowest BCUT2D eigenvalue weighted by molar-refractivity contribution is -0.219. The molecule has 0 radical (unpaired) electrons. The fourth-order valence-corrected chi connectivity index (χ4v) is 3.93. The van der Waals surface area contributed by atoms with Crippen molar-refractivity contribution in [3.63, 3.8) is 0 Å². The molecular weight excluding hydrogens is 475 g/mol. The van der Waals surface area contributed by atoms with Gasteiger partial charge < -0.3 is 15.5 Å². The van der Waals surface area contributed by atoms with E-state index in [0.29, 0.717) is 18.7 Å². The standard InChI is InChI=1S/C21H20F3N5O4S/c1-13-7-14(2)9-16(8-13)28-19-11-18(25-12-26-19)27-15-5-4-6-17(10-15)34(31,32)29(3)33-20(30)21(22,23)24/h4-12H,1-3H3,(H2,25,26,27,28). The van der Waals surface area contributed by atoms with Crippen LogP contribution in [0.25, 0.3) is 0 Å². The third-order valence-corrected chi connectivity index (χ3v) is 5.95. The van der Waals surface area contributed by atoms with Gasteiger partial charge in [-0.2, -0.15) is 13.2 Å². The number of carbonyl (C=O) groups excluding carboxylic acids is 1. The summed E-state index contributed by atoms with van der Waals surface area (Å²) in [6, 6.07) is 12.7. The van der Waals surface area contributed by atoms with Crippen molar-refractivity contribution in [2.75, 3.05) is 17.7 Å². The summed E-state index contributed by atoms with van der Waals surface area (Å²) in [6.07, 6.45) is -4.04. The average molecular weight is 495 g/mol. The quantitative estimate of drug-likeness (QED) is 0.469. The molecule has 0 bridgehead atoms. The smallest absolute Gasteiger partial charge is 0.345 e. The zero-order valence-electron chi connectivity index (χ0n) is 18.2. The van der Waals surface area contributed by atoms with E-state index in [9.17, 15) is 26.4 Å². The zero-order valence-corrected chi connectivity index (χ0v) is 19.0. The van der Waals surface area contributed by atoms with E-state index >= 15 is 0 Å². The summed E-state index contributed by atoms with van der Waals surface area (Å²) >= 11 is 0. The van der Waals surface area contributed by atoms with E-state index in [1.54, 1.807) is 6.07 Å². The number of aryl methyl sites for hydroxylation is 2. The van der Waals surface area contributed by atoms with Crippen LogP contribution in [-0.2, 0) is 19.7 Å². The van der Waals surface area contributed by atoms with Crippen LogP contribution < -0.4 is 10.6 Å². The van der Waals surface area contributed by atoms with E-state index in [4.69, 9.17) is 0 Å². The Morgan fingerprint density at radius 1 is 0.941 bits per heavy atom. The molecule has 0 saturated carbocycles. The van der Waals surface area contributed by atoms with Crippen LogP contribution in [0.3, 0.4) is 0 Å². The van der Waals surface area contributed by atoms with E-state index in [-0.39, 0.29) is 10.2 Å². The molecule has 1 aromatic heterocycles. The molecule has 9 nitrogen and oxygen atoms in total. The number of aromatic nitrogens is 2. The third-order valence-electron chi connectivity index (χ3n) is 4.35. The van der Waals surface area contributed by atoms with Crippen LogP contribution in [0.4, 0.5) is 36.2 Å². The molecule has 0 fully saturated rings. The van der Waals surface area contributed by atoms with Crippen LogP contribution in [-0.4, -0.2) is 42.0 Å². The molecular formula is C21H20F3N5O4S. The topological polar surface area (TPSA) is 114 Å². The Hall–Kier alpha value is -3.71. The van der Waals surface area contributed by atoms with Crippen molar-refractivity contribution in [2.45, 2.75) is 24.9 Å². The average Bonchev–Trinajstić information content (AvgIpc) is 2.72. The predicted molar refractivity (Wildman–Crippen MR) is 118 cm³/mol. The molecule has 0 aliphatic carbocycles. The highest BCUT2D eigenvalue weighted by Crippen LogP contribution is 2.25. The number of anilines is 4. The molecule has 1 heterocycles. The molecule has 0 atom stereocenters. The Labute approximate surface area is 193 Å². The van der Waals surface area contributed by atoms with Gasteiger partial charge in [-0.25, -0.2) is 23.2 Å². The van der Waals surface area contributed by atoms with E-state index in [1.165, 1.54) is 18.5 Å². The Kier molecular flexibility index (Phi) is 7.07. The molecule has 0 saturated heterocycles. The van der Waals surface area contributed by atoms with Crippen molar-refractivity contribution in [1.82, 2.24) is 14.4 Å². The van der Waals surface area contributed by atoms with Gasteiger partial charge in [0.05, 0.1) is 4.90 Å². The highest BCUT2D eigenvalue weighted by molar-refractivity contribution is 7.89. The van der Waals surface area contributed by atoms with Crippen molar-refractivity contribution < 1.29 is 31.2 Å². The van der Waals surface area contributed by atoms with Crippen LogP contribution in [0.15, 0.2) is 59.8 Å². The molecule has 180 valence electrons. The maximum absolute atomic E-state index is 12.5. The minimum Gasteiger partial charge on any atom is -0.345 e. The van der Waals surface area contributed by atoms with Crippen molar-refractivity contribution >= 4 is 39.0 Å². The molecule has 34 heavy (non-hydrogen) atoms. The first-order valence-electron chi connectivity index (χ1n) is 9.67. The number of alkyl halides is 3. The zero-order chi connectivity index (χ0) is 25.1. The lowest BCUT2D eigenvalue weighted by atomic mass is 10.1. The van der Waals surface area contributed by atoms with Crippen LogP contribution in [0.1, 0.15) is 11.1 Å². The highest BCUT2D eigenvalue weighted by Gasteiger charge is 2.43. The number of hydrogen-bond donors (Lipinski definition) is 2. The summed E-state index contributed by atoms with van der Waals surface area (Å²) in [6.45, 7) is 3.93. The summed E-state index contributed by atoms with van der Waals surface area (Å²) in [5.74, 6) is -1.85. The lowest BCUT2D eigenvalue weighted by Crippen LogP contribution is -2.36. The number of nitrogens with one attached hydrogen (secondary N) is 2. The maximum Gasteiger partial charge on any atom is 0.492 e. The Morgan fingerprint density at radius 3 is 2.12 bits per heavy atom. The summed E-state index contributed by atoms with van der Waals surface area (Å²) in [5, 5.41) is 6.07. The Morgan fingerprint density at radius 2 is 1.53 bits per heavy atom. The van der Waals surface area contributed by atoms with Crippen LogP contribution in [0.5, 0.6) is 0 Å². The fourth-order valence-electron chi connectivity index (χ4n) is 2.94. The summed E-state index contributed by atoms with van der Waals surface area (Å²) in [5.41, 5.74) is 3.23. The molecule has 0 spiro atoms. The molecule has 0 amide bonds. The third kappa shape index (κ3) is 6.20. The lowest BCUT2D eigenvalue weighted by Gasteiger charge is -2.17. The molecule has 3 rings (SSSR count). The maximum atomic E-state index is 12.5. The van der Waals surface area contributed by atoms with Gasteiger partial charge in [-0.05, 0) is 59.8 Å². The van der Waals surface area contributed by atoms with Gasteiger partial charge in [0.1, 0.15) is 18.0 Å². The second-order valence-corrected chi connectivity index (χ2v) is 9.17. The van der Waals surface area contributed by atoms with Crippen molar-refractivity contribution in [1.29, 1.82) is 0 Å². The molecule has 2 N–H and O–H groups in total. The van der Waals surface area contributed by atoms with Crippen molar-refractivity contribution in [3.8, 4) is 0 Å². The SMILES string of the molecule is Cc1cc(C)cc(Nc2cc(Nc3cccc(S(=O)(=O)N(C)OC(=O)C(F)(F)F)c3)ncn2)c1. The second-order valence-electron chi connectivity index (χ2n) is 7.23. The van der Waals surface area contributed by atoms with E-state index in [1.807, 2.05) is 32.0 Å². The molecule has 2 aromatic carbocycles. The first kappa shape index (κ1) is 24.9. The summed E-state index contributed by atoms with van der Waals surface area (Å²) < 4.78 is 62.1. The minimum atomic E-state index is -5.34. The normalized spacial score (nSPS) is 11.9. The van der Waals surface area contributed by atoms with Gasteiger partial charge in [-0.15, -0.1) is 0 Å². The summed E-state index contributed by atoms with van der Waals surface area (Å²) in [7, 11) is -3.87. The second kappa shape index (κ2) is 9.65. The van der Waals surface area contributed by atoms with Gasteiger partial charge >= 0.3 is 12.1 Å². The number of nitrogens with zero attached hydrogens (tertiary/aromatic N) is 3. The van der Waals surface area contributed by atoms with E-state index < -0.39 is 27.1 Å². The number of carbonyl (C=O) groups is 1. The molecule has 0 unspecified atom stereocenters. The number of rotatable bonds is 7. The minimum absolute atomic E-state index is 0.140. The van der Waals surface area contributed by atoms with Gasteiger partial charge in [0, 0.05) is 24.5 Å². The summed E-state index contributed by atoms with van der Waals surface area (Å²) in [4.78, 5) is 22.7. The van der Waals surface area contributed by atoms with Crippen LogP contribution >= 0.6 is 0 Å². The number of sulfonamides is 1. The monoisotopic (exact) mass is 495 g/mol. The Balaban J connectivity index is 1.77. The van der Waals surface area contributed by atoms with Gasteiger partial charge in [-0.3, -0.25) is 0 Å². The Bertz CT molecular complexity index is 1300. The number of halogens is 3. The van der Waals surface area contributed by atoms with Gasteiger partial charge in [-0.1, -0.05) is 12.1 Å². The van der Waals surface area contributed by atoms with Gasteiger partial charge in [0.15, 0.2) is 0 Å². The fraction of sp³-hybridized carbons (Fsp3) is 0.190. The van der Waals surface area contributed by atoms with Crippen LogP contribution in [0.2, 0.25) is 0 Å².